The molecule has 0 bridgehead atoms. The van der Waals surface area contributed by atoms with Gasteiger partial charge in [-0.3, -0.25) is 0 Å². The number of imidazole rings is 1. The van der Waals surface area contributed by atoms with Crippen LogP contribution in [0.2, 0.25) is 0 Å². The molecule has 0 aliphatic carbocycles. The normalized spacial score (nSPS) is 9.24. The summed E-state index contributed by atoms with van der Waals surface area (Å²) in [6.45, 7) is 0. The Labute approximate surface area is 104 Å². The van der Waals surface area contributed by atoms with Crippen LogP contribution in [0.5, 0.6) is 0 Å². The molecule has 0 aliphatic rings. The maximum Gasteiger partial charge on any atom is 0.390 e. The fourth-order valence-electron chi connectivity index (χ4n) is 1.17. The number of rotatable bonds is 3. The van der Waals surface area contributed by atoms with Crippen molar-refractivity contribution in [1.29, 1.82) is 0 Å². The summed E-state index contributed by atoms with van der Waals surface area (Å²) in [7, 11) is 1.83. The summed E-state index contributed by atoms with van der Waals surface area (Å²) < 4.78 is 3.05. The van der Waals surface area contributed by atoms with Gasteiger partial charge in [0.15, 0.2) is 6.20 Å². The fourth-order valence-corrected chi connectivity index (χ4v) is 1.17. The van der Waals surface area contributed by atoms with Crippen LogP contribution in [0.4, 0.5) is 0 Å². The Hall–Kier alpha value is -2.01. The van der Waals surface area contributed by atoms with Gasteiger partial charge in [-0.1, -0.05) is 23.2 Å². The molecular weight excluding hydrogens is 244 g/mol. The Morgan fingerprint density at radius 2 is 2.00 bits per heavy atom. The molecule has 1 heterocycles. The van der Waals surface area contributed by atoms with Crippen molar-refractivity contribution in [3.8, 4) is 0 Å². The highest BCUT2D eigenvalue weighted by molar-refractivity contribution is 5.88. The highest BCUT2D eigenvalue weighted by atomic mass is 35.5. The highest BCUT2D eigenvalue weighted by Gasteiger charge is 2.10. The first-order valence-corrected chi connectivity index (χ1v) is 4.73. The van der Waals surface area contributed by atoms with E-state index in [1.54, 1.807) is 47.6 Å². The fraction of sp³-hybridized carbons (Fsp3) is 0.0909. The van der Waals surface area contributed by atoms with Crippen LogP contribution in [0, 0.1) is 0 Å². The van der Waals surface area contributed by atoms with Gasteiger partial charge in [0.2, 0.25) is 0 Å². The Morgan fingerprint density at radius 3 is 2.59 bits per heavy atom. The topological polar surface area (TPSA) is 44.3 Å². The molecule has 0 unspecified atom stereocenters. The monoisotopic (exact) mass is 254 g/mol. The molecule has 0 atom stereocenters. The van der Waals surface area contributed by atoms with Crippen molar-refractivity contribution in [1.82, 2.24) is 4.73 Å². The summed E-state index contributed by atoms with van der Waals surface area (Å²) in [6.07, 6.45) is 5.01. The van der Waals surface area contributed by atoms with Gasteiger partial charge < -0.3 is 12.4 Å². The first-order chi connectivity index (χ1) is 7.75. The zero-order valence-corrected chi connectivity index (χ0v) is 9.87. The molecule has 17 heavy (non-hydrogen) atoms. The minimum absolute atomic E-state index is 0. The maximum absolute atomic E-state index is 11.5. The van der Waals surface area contributed by atoms with Crippen molar-refractivity contribution in [2.75, 3.05) is 0 Å². The number of nitrogens with zero attached hydrogens (tertiary/aromatic N) is 2. The average molecular weight is 255 g/mol. The molecule has 0 fully saturated rings. The Morgan fingerprint density at radius 1 is 1.29 bits per heavy atom. The van der Waals surface area contributed by atoms with Crippen molar-refractivity contribution >= 4 is 5.97 Å². The van der Waals surface area contributed by atoms with Gasteiger partial charge in [0.05, 0.1) is 12.6 Å². The zero-order chi connectivity index (χ0) is 11.4. The van der Waals surface area contributed by atoms with Gasteiger partial charge in [0, 0.05) is 0 Å². The summed E-state index contributed by atoms with van der Waals surface area (Å²) in [6, 6.07) is 8.64. The molecule has 90 valence electrons. The minimum Gasteiger partial charge on any atom is -1.00 e. The van der Waals surface area contributed by atoms with E-state index < -0.39 is 5.97 Å². The van der Waals surface area contributed by atoms with Crippen LogP contribution < -0.4 is 22.0 Å². The van der Waals surface area contributed by atoms with Crippen molar-refractivity contribution in [3.05, 3.63) is 54.6 Å². The van der Waals surface area contributed by atoms with E-state index in [9.17, 15) is 4.79 Å². The van der Waals surface area contributed by atoms with Crippen molar-refractivity contribution in [2.45, 2.75) is 0 Å². The third-order valence-corrected chi connectivity index (χ3v) is 1.95. The lowest BCUT2D eigenvalue weighted by molar-refractivity contribution is -0.672. The zero-order valence-electron chi connectivity index (χ0n) is 9.12. The van der Waals surface area contributed by atoms with E-state index in [-0.39, 0.29) is 12.4 Å². The van der Waals surface area contributed by atoms with E-state index in [1.165, 1.54) is 4.73 Å². The molecule has 0 saturated carbocycles. The van der Waals surface area contributed by atoms with Crippen LogP contribution in [0.15, 0.2) is 49.1 Å². The van der Waals surface area contributed by atoms with E-state index in [2.05, 4.69) is 4.89 Å². The molecule has 0 radical (unpaired) electrons. The molecule has 1 aromatic carbocycles. The summed E-state index contributed by atoms with van der Waals surface area (Å²) in [5.74, 6) is -0.531. The molecule has 0 aliphatic heterocycles. The number of carbonyl (C=O) groups is 1. The van der Waals surface area contributed by atoms with Gasteiger partial charge in [-0.25, -0.2) is 14.2 Å². The first kappa shape index (κ1) is 13.1. The number of benzene rings is 1. The number of hydrogen-bond acceptors (Lipinski definition) is 3. The predicted molar refractivity (Wildman–Crippen MR) is 54.0 cm³/mol. The first-order valence-electron chi connectivity index (χ1n) is 4.73. The van der Waals surface area contributed by atoms with E-state index in [0.29, 0.717) is 5.56 Å². The molecule has 1 aromatic heterocycles. The van der Waals surface area contributed by atoms with Gasteiger partial charge in [-0.2, -0.15) is 0 Å². The molecule has 5 nitrogen and oxygen atoms in total. The number of aryl methyl sites for hydroxylation is 1. The molecular formula is C11H11ClN2O3. The quantitative estimate of drug-likeness (QED) is 0.346. The number of carbonyl (C=O) groups excluding carboxylic acids is 1. The second kappa shape index (κ2) is 5.91. The molecule has 2 rings (SSSR count). The summed E-state index contributed by atoms with van der Waals surface area (Å²) >= 11 is 0. The lowest BCUT2D eigenvalue weighted by atomic mass is 10.2. The Balaban J connectivity index is 0.00000144. The number of halogens is 1. The highest BCUT2D eigenvalue weighted by Crippen LogP contribution is 2.00. The molecule has 0 saturated heterocycles. The van der Waals surface area contributed by atoms with Crippen LogP contribution in [0.1, 0.15) is 10.4 Å². The van der Waals surface area contributed by atoms with Crippen LogP contribution >= 0.6 is 0 Å². The summed E-state index contributed by atoms with van der Waals surface area (Å²) in [4.78, 5) is 20.9. The molecule has 2 aromatic rings. The second-order valence-electron chi connectivity index (χ2n) is 3.25. The SMILES string of the molecule is C[n+]1ccn(OOC(=O)c2ccccc2)c1.[Cl-]. The van der Waals surface area contributed by atoms with Crippen molar-refractivity contribution < 1.29 is 31.6 Å². The Kier molecular flexibility index (Phi) is 4.54. The maximum atomic E-state index is 11.5. The van der Waals surface area contributed by atoms with Crippen LogP contribution in [-0.4, -0.2) is 10.7 Å². The standard InChI is InChI=1S/C11H11N2O3.ClH/c1-12-7-8-13(9-12)16-15-11(14)10-5-3-2-4-6-10;/h2-9H,1H3;1H/q+1;/p-1. The average Bonchev–Trinajstić information content (AvgIpc) is 2.73. The van der Waals surface area contributed by atoms with Gasteiger partial charge in [-0.05, 0) is 16.9 Å². The van der Waals surface area contributed by atoms with Crippen LogP contribution in [-0.2, 0) is 11.9 Å². The van der Waals surface area contributed by atoms with E-state index in [1.807, 2.05) is 13.1 Å². The van der Waals surface area contributed by atoms with Gasteiger partial charge in [0.1, 0.15) is 6.20 Å². The van der Waals surface area contributed by atoms with Crippen molar-refractivity contribution in [2.24, 2.45) is 7.05 Å². The van der Waals surface area contributed by atoms with E-state index in [4.69, 9.17) is 4.99 Å². The largest absolute Gasteiger partial charge is 1.00 e. The van der Waals surface area contributed by atoms with E-state index >= 15 is 0 Å². The summed E-state index contributed by atoms with van der Waals surface area (Å²) in [5.41, 5.74) is 0.444. The minimum atomic E-state index is -0.531. The van der Waals surface area contributed by atoms with Crippen LogP contribution in [0.3, 0.4) is 0 Å². The number of aromatic nitrogens is 2. The van der Waals surface area contributed by atoms with Gasteiger partial charge in [0.25, 0.3) is 6.33 Å². The Bertz CT molecular complexity index is 484. The van der Waals surface area contributed by atoms with Crippen molar-refractivity contribution in [3.63, 3.8) is 0 Å². The third kappa shape index (κ3) is 3.49. The molecule has 0 spiro atoms. The predicted octanol–water partition coefficient (Wildman–Crippen LogP) is -2.48. The summed E-state index contributed by atoms with van der Waals surface area (Å²) in [5, 5.41) is 0. The second-order valence-corrected chi connectivity index (χ2v) is 3.25. The van der Waals surface area contributed by atoms with Gasteiger partial charge in [-0.15, -0.1) is 0 Å². The molecule has 0 amide bonds. The van der Waals surface area contributed by atoms with Gasteiger partial charge >= 0.3 is 5.97 Å². The smallest absolute Gasteiger partial charge is 0.390 e. The number of hydrogen-bond donors (Lipinski definition) is 0. The van der Waals surface area contributed by atoms with Crippen LogP contribution in [0.25, 0.3) is 0 Å². The molecule has 0 N–H and O–H groups in total. The lowest BCUT2D eigenvalue weighted by Gasteiger charge is -1.98. The van der Waals surface area contributed by atoms with E-state index in [0.717, 1.165) is 0 Å². The third-order valence-electron chi connectivity index (χ3n) is 1.95. The molecule has 6 heteroatoms. The lowest BCUT2D eigenvalue weighted by Crippen LogP contribution is -3.00.